The zero-order chi connectivity index (χ0) is 9.00. The molecule has 0 aromatic heterocycles. The predicted octanol–water partition coefficient (Wildman–Crippen LogP) is -0.840. The number of hydrogen-bond acceptors (Lipinski definition) is 0. The topological polar surface area (TPSA) is 3.01 Å². The van der Waals surface area contributed by atoms with E-state index in [1.54, 1.807) is 12.1 Å². The Morgan fingerprint density at radius 1 is 0.857 bits per heavy atom. The first kappa shape index (κ1) is 10.9. The molecule has 0 amide bonds. The molecule has 1 nitrogen and oxygen atoms in total. The number of hydrogen-bond donors (Lipinski definition) is 0. The van der Waals surface area contributed by atoms with Gasteiger partial charge in [-0.25, -0.2) is 4.58 Å². The van der Waals surface area contributed by atoms with Crippen LogP contribution in [0.3, 0.4) is 0 Å². The van der Waals surface area contributed by atoms with Crippen LogP contribution in [0.25, 0.3) is 0 Å². The van der Waals surface area contributed by atoms with Crippen molar-refractivity contribution < 1.29 is 28.6 Å². The normalized spacial score (nSPS) is 43.7. The van der Waals surface area contributed by atoms with Gasteiger partial charge >= 0.3 is 0 Å². The molecule has 0 unspecified atom stereocenters. The highest BCUT2D eigenvalue weighted by Crippen LogP contribution is 2.52. The summed E-state index contributed by atoms with van der Waals surface area (Å²) < 4.78 is 2.42. The molecule has 4 fully saturated rings. The molecule has 0 heterocycles. The van der Waals surface area contributed by atoms with Gasteiger partial charge in [0.05, 0.1) is 0 Å². The summed E-state index contributed by atoms with van der Waals surface area (Å²) in [5.41, 5.74) is 1.80. The van der Waals surface area contributed by atoms with Crippen LogP contribution in [0.5, 0.6) is 0 Å². The van der Waals surface area contributed by atoms with Crippen LogP contribution in [0.1, 0.15) is 32.1 Å². The van der Waals surface area contributed by atoms with Gasteiger partial charge in [-0.15, -0.1) is 0 Å². The Kier molecular flexibility index (Phi) is 2.93. The Bertz CT molecular complexity index is 235. The molecular formula is C12H20IN. The minimum absolute atomic E-state index is 0. The monoisotopic (exact) mass is 305 g/mol. The van der Waals surface area contributed by atoms with Crippen molar-refractivity contribution in [2.75, 3.05) is 14.1 Å². The van der Waals surface area contributed by atoms with Crippen LogP contribution in [0.15, 0.2) is 0 Å². The van der Waals surface area contributed by atoms with E-state index in [2.05, 4.69) is 18.7 Å². The average Bonchev–Trinajstić information content (AvgIpc) is 2.00. The average molecular weight is 305 g/mol. The zero-order valence-corrected chi connectivity index (χ0v) is 11.3. The third-order valence-electron chi connectivity index (χ3n) is 4.49. The summed E-state index contributed by atoms with van der Waals surface area (Å²) in [4.78, 5) is 0. The molecule has 0 aliphatic heterocycles. The third-order valence-corrected chi connectivity index (χ3v) is 4.49. The number of rotatable bonds is 0. The molecule has 0 N–H and O–H groups in total. The van der Waals surface area contributed by atoms with Crippen molar-refractivity contribution in [1.29, 1.82) is 0 Å². The maximum Gasteiger partial charge on any atom is 0.158 e. The molecular weight excluding hydrogens is 285 g/mol. The van der Waals surface area contributed by atoms with Crippen LogP contribution in [-0.2, 0) is 0 Å². The predicted molar refractivity (Wildman–Crippen MR) is 54.2 cm³/mol. The molecule has 4 aliphatic rings. The fraction of sp³-hybridized carbons (Fsp3) is 0.917. The number of halogens is 1. The molecule has 0 atom stereocenters. The highest BCUT2D eigenvalue weighted by atomic mass is 127. The van der Waals surface area contributed by atoms with Gasteiger partial charge in [0, 0.05) is 11.8 Å². The van der Waals surface area contributed by atoms with Crippen molar-refractivity contribution in [2.24, 2.45) is 23.7 Å². The molecule has 4 rings (SSSR count). The van der Waals surface area contributed by atoms with Gasteiger partial charge in [0.1, 0.15) is 14.1 Å². The molecule has 0 aromatic carbocycles. The molecule has 0 radical (unpaired) electrons. The summed E-state index contributed by atoms with van der Waals surface area (Å²) >= 11 is 0. The smallest absolute Gasteiger partial charge is 0.158 e. The maximum atomic E-state index is 2.42. The molecule has 80 valence electrons. The van der Waals surface area contributed by atoms with Gasteiger partial charge in [-0.1, -0.05) is 0 Å². The fourth-order valence-electron chi connectivity index (χ4n) is 4.40. The second-order valence-electron chi connectivity index (χ2n) is 5.62. The van der Waals surface area contributed by atoms with E-state index in [1.165, 1.54) is 25.7 Å². The molecule has 0 spiro atoms. The molecule has 2 heteroatoms. The quantitative estimate of drug-likeness (QED) is 0.406. The van der Waals surface area contributed by atoms with Crippen molar-refractivity contribution in [3.63, 3.8) is 0 Å². The van der Waals surface area contributed by atoms with Crippen LogP contribution in [0, 0.1) is 23.7 Å². The number of nitrogens with zero attached hydrogens (tertiary/aromatic N) is 1. The van der Waals surface area contributed by atoms with Gasteiger partial charge in [0.25, 0.3) is 0 Å². The summed E-state index contributed by atoms with van der Waals surface area (Å²) in [6.45, 7) is 0. The summed E-state index contributed by atoms with van der Waals surface area (Å²) in [7, 11) is 4.50. The Labute approximate surface area is 104 Å². The van der Waals surface area contributed by atoms with Crippen LogP contribution < -0.4 is 24.0 Å². The minimum atomic E-state index is 0. The Morgan fingerprint density at radius 2 is 1.29 bits per heavy atom. The first-order chi connectivity index (χ1) is 6.24. The SMILES string of the molecule is C[N+](C)=C1C2CC3CC(C2)CC1C3.[I-]. The Balaban J connectivity index is 0.000000750. The molecule has 4 bridgehead atoms. The van der Waals surface area contributed by atoms with E-state index in [1.807, 2.05) is 0 Å². The first-order valence-electron chi connectivity index (χ1n) is 5.78. The van der Waals surface area contributed by atoms with Gasteiger partial charge in [0.15, 0.2) is 5.71 Å². The summed E-state index contributed by atoms with van der Waals surface area (Å²) in [6.07, 6.45) is 7.62. The van der Waals surface area contributed by atoms with E-state index in [-0.39, 0.29) is 24.0 Å². The summed E-state index contributed by atoms with van der Waals surface area (Å²) in [5, 5.41) is 0. The molecule has 0 aromatic rings. The molecule has 4 aliphatic carbocycles. The van der Waals surface area contributed by atoms with E-state index in [9.17, 15) is 0 Å². The van der Waals surface area contributed by atoms with Crippen LogP contribution in [0.4, 0.5) is 0 Å². The van der Waals surface area contributed by atoms with Crippen molar-refractivity contribution >= 4 is 5.71 Å². The molecule has 14 heavy (non-hydrogen) atoms. The Morgan fingerprint density at radius 3 is 1.64 bits per heavy atom. The minimum Gasteiger partial charge on any atom is -1.00 e. The van der Waals surface area contributed by atoms with E-state index in [0.717, 1.165) is 23.7 Å². The standard InChI is InChI=1S/C12H20N.HI/c1-13(2)12-10-4-8-3-9(6-10)7-11(12)5-8;/h8-11H,3-7H2,1-2H3;1H/q+1;/p-1. The van der Waals surface area contributed by atoms with Crippen molar-refractivity contribution in [3.8, 4) is 0 Å². The highest BCUT2D eigenvalue weighted by molar-refractivity contribution is 5.86. The third kappa shape index (κ3) is 1.54. The summed E-state index contributed by atoms with van der Waals surface area (Å²) in [5.74, 6) is 4.16. The Hall–Kier alpha value is 0.400. The van der Waals surface area contributed by atoms with E-state index < -0.39 is 0 Å². The highest BCUT2D eigenvalue weighted by Gasteiger charge is 2.49. The lowest BCUT2D eigenvalue weighted by atomic mass is 9.55. The van der Waals surface area contributed by atoms with Crippen molar-refractivity contribution in [2.45, 2.75) is 32.1 Å². The lowest BCUT2D eigenvalue weighted by Crippen LogP contribution is -3.00. The zero-order valence-electron chi connectivity index (χ0n) is 9.17. The van der Waals surface area contributed by atoms with E-state index in [0.29, 0.717) is 0 Å². The first-order valence-corrected chi connectivity index (χ1v) is 5.78. The van der Waals surface area contributed by atoms with Gasteiger partial charge in [-0.3, -0.25) is 0 Å². The second kappa shape index (κ2) is 3.76. The second-order valence-corrected chi connectivity index (χ2v) is 5.62. The van der Waals surface area contributed by atoms with Crippen LogP contribution >= 0.6 is 0 Å². The lowest BCUT2D eigenvalue weighted by molar-refractivity contribution is -0.472. The molecule has 0 saturated heterocycles. The van der Waals surface area contributed by atoms with Gasteiger partial charge in [-0.2, -0.15) is 0 Å². The molecule has 4 saturated carbocycles. The van der Waals surface area contributed by atoms with Crippen LogP contribution in [0.2, 0.25) is 0 Å². The van der Waals surface area contributed by atoms with E-state index in [4.69, 9.17) is 0 Å². The largest absolute Gasteiger partial charge is 1.00 e. The van der Waals surface area contributed by atoms with Gasteiger partial charge < -0.3 is 24.0 Å². The van der Waals surface area contributed by atoms with Crippen molar-refractivity contribution in [3.05, 3.63) is 0 Å². The van der Waals surface area contributed by atoms with E-state index >= 15 is 0 Å². The van der Waals surface area contributed by atoms with Crippen molar-refractivity contribution in [1.82, 2.24) is 0 Å². The van der Waals surface area contributed by atoms with Crippen LogP contribution in [-0.4, -0.2) is 24.4 Å². The lowest BCUT2D eigenvalue weighted by Gasteiger charge is -2.48. The van der Waals surface area contributed by atoms with Gasteiger partial charge in [0.2, 0.25) is 0 Å². The van der Waals surface area contributed by atoms with Gasteiger partial charge in [-0.05, 0) is 43.9 Å². The fourth-order valence-corrected chi connectivity index (χ4v) is 4.40. The maximum absolute atomic E-state index is 2.42. The summed E-state index contributed by atoms with van der Waals surface area (Å²) in [6, 6.07) is 0.